The van der Waals surface area contributed by atoms with Crippen LogP contribution in [0, 0.1) is 6.92 Å². The summed E-state index contributed by atoms with van der Waals surface area (Å²) in [5.41, 5.74) is 2.45. The van der Waals surface area contributed by atoms with Gasteiger partial charge >= 0.3 is 0 Å². The molecule has 0 saturated carbocycles. The first-order valence-electron chi connectivity index (χ1n) is 3.60. The maximum absolute atomic E-state index is 5.94. The Balaban J connectivity index is 2.93. The van der Waals surface area contributed by atoms with Crippen LogP contribution >= 0.6 is 24.2 Å². The number of aryl methyl sites for hydroxylation is 2. The average Bonchev–Trinajstić information content (AvgIpc) is 1.98. The Bertz CT molecular complexity index is 245. The molecule has 0 heterocycles. The van der Waals surface area contributed by atoms with Crippen molar-refractivity contribution in [2.45, 2.75) is 13.3 Å². The van der Waals surface area contributed by atoms with E-state index in [1.54, 1.807) is 0 Å². The predicted molar refractivity (Wildman–Crippen MR) is 53.7 cm³/mol. The molecule has 1 rings (SSSR count). The zero-order valence-electron chi connectivity index (χ0n) is 6.47. The van der Waals surface area contributed by atoms with E-state index in [0.29, 0.717) is 0 Å². The minimum atomic E-state index is 0.850. The Kier molecular flexibility index (Phi) is 3.28. The second kappa shape index (κ2) is 4.03. The van der Waals surface area contributed by atoms with Crippen molar-refractivity contribution in [3.05, 3.63) is 34.3 Å². The lowest BCUT2D eigenvalue weighted by Crippen LogP contribution is -1.88. The molecule has 0 unspecified atom stereocenters. The summed E-state index contributed by atoms with van der Waals surface area (Å²) in [7, 11) is 0. The SMILES string of the molecule is Cc1ccc(Cl)c(CCS)c1. The van der Waals surface area contributed by atoms with Gasteiger partial charge < -0.3 is 0 Å². The van der Waals surface area contributed by atoms with E-state index in [1.807, 2.05) is 12.1 Å². The van der Waals surface area contributed by atoms with Crippen LogP contribution in [0.4, 0.5) is 0 Å². The maximum atomic E-state index is 5.94. The van der Waals surface area contributed by atoms with Crippen LogP contribution in [0.5, 0.6) is 0 Å². The highest BCUT2D eigenvalue weighted by atomic mass is 35.5. The van der Waals surface area contributed by atoms with E-state index in [4.69, 9.17) is 11.6 Å². The quantitative estimate of drug-likeness (QED) is 0.675. The van der Waals surface area contributed by atoms with Crippen molar-refractivity contribution in [3.8, 4) is 0 Å². The predicted octanol–water partition coefficient (Wildman–Crippen LogP) is 3.12. The van der Waals surface area contributed by atoms with Crippen LogP contribution in [-0.4, -0.2) is 5.75 Å². The van der Waals surface area contributed by atoms with Crippen LogP contribution in [-0.2, 0) is 6.42 Å². The van der Waals surface area contributed by atoms with Gasteiger partial charge in [-0.2, -0.15) is 12.6 Å². The lowest BCUT2D eigenvalue weighted by Gasteiger charge is -2.02. The van der Waals surface area contributed by atoms with Gasteiger partial charge in [-0.05, 0) is 30.7 Å². The molecule has 0 fully saturated rings. The summed E-state index contributed by atoms with van der Waals surface area (Å²) in [6.07, 6.45) is 0.948. The molecular weight excluding hydrogens is 176 g/mol. The Hall–Kier alpha value is -0.140. The monoisotopic (exact) mass is 186 g/mol. The summed E-state index contributed by atoms with van der Waals surface area (Å²) in [6.45, 7) is 2.07. The molecule has 0 saturated heterocycles. The van der Waals surface area contributed by atoms with E-state index >= 15 is 0 Å². The molecule has 0 aromatic heterocycles. The topological polar surface area (TPSA) is 0 Å². The third-order valence-corrected chi connectivity index (χ3v) is 2.17. The van der Waals surface area contributed by atoms with Gasteiger partial charge in [0.1, 0.15) is 0 Å². The number of halogens is 1. The molecule has 0 aliphatic heterocycles. The summed E-state index contributed by atoms with van der Waals surface area (Å²) in [6, 6.07) is 6.07. The molecule has 0 radical (unpaired) electrons. The molecule has 0 spiro atoms. The molecule has 0 aliphatic carbocycles. The van der Waals surface area contributed by atoms with Gasteiger partial charge in [0.2, 0.25) is 0 Å². The van der Waals surface area contributed by atoms with Crippen molar-refractivity contribution in [1.82, 2.24) is 0 Å². The van der Waals surface area contributed by atoms with Gasteiger partial charge in [0.05, 0.1) is 0 Å². The van der Waals surface area contributed by atoms with Crippen molar-refractivity contribution in [2.24, 2.45) is 0 Å². The third-order valence-electron chi connectivity index (χ3n) is 1.58. The van der Waals surface area contributed by atoms with Crippen molar-refractivity contribution >= 4 is 24.2 Å². The Labute approximate surface area is 78.0 Å². The van der Waals surface area contributed by atoms with Crippen LogP contribution in [0.2, 0.25) is 5.02 Å². The standard InChI is InChI=1S/C9H11ClS/c1-7-2-3-9(10)8(6-7)4-5-11/h2-3,6,11H,4-5H2,1H3. The lowest BCUT2D eigenvalue weighted by molar-refractivity contribution is 1.15. The molecule has 60 valence electrons. The molecule has 2 heteroatoms. The van der Waals surface area contributed by atoms with Gasteiger partial charge in [-0.3, -0.25) is 0 Å². The number of benzene rings is 1. The van der Waals surface area contributed by atoms with Gasteiger partial charge in [0.15, 0.2) is 0 Å². The summed E-state index contributed by atoms with van der Waals surface area (Å²) >= 11 is 10.1. The zero-order valence-corrected chi connectivity index (χ0v) is 8.12. The lowest BCUT2D eigenvalue weighted by atomic mass is 10.1. The molecular formula is C9H11ClS. The molecule has 0 N–H and O–H groups in total. The van der Waals surface area contributed by atoms with Crippen molar-refractivity contribution in [3.63, 3.8) is 0 Å². The molecule has 0 atom stereocenters. The summed E-state index contributed by atoms with van der Waals surface area (Å²) in [4.78, 5) is 0. The summed E-state index contributed by atoms with van der Waals surface area (Å²) in [5.74, 6) is 0.850. The number of rotatable bonds is 2. The first kappa shape index (κ1) is 8.95. The van der Waals surface area contributed by atoms with Crippen molar-refractivity contribution in [2.75, 3.05) is 5.75 Å². The fraction of sp³-hybridized carbons (Fsp3) is 0.333. The Morgan fingerprint density at radius 2 is 2.18 bits per heavy atom. The van der Waals surface area contributed by atoms with Gasteiger partial charge in [-0.1, -0.05) is 29.3 Å². The van der Waals surface area contributed by atoms with Crippen molar-refractivity contribution < 1.29 is 0 Å². The molecule has 0 bridgehead atoms. The second-order valence-electron chi connectivity index (χ2n) is 2.57. The highest BCUT2D eigenvalue weighted by Gasteiger charge is 1.97. The van der Waals surface area contributed by atoms with E-state index in [2.05, 4.69) is 25.6 Å². The van der Waals surface area contributed by atoms with Crippen LogP contribution in [0.25, 0.3) is 0 Å². The first-order chi connectivity index (χ1) is 5.24. The third kappa shape index (κ3) is 2.42. The van der Waals surface area contributed by atoms with E-state index in [-0.39, 0.29) is 0 Å². The Morgan fingerprint density at radius 3 is 2.82 bits per heavy atom. The highest BCUT2D eigenvalue weighted by Crippen LogP contribution is 2.17. The van der Waals surface area contributed by atoms with Crippen LogP contribution in [0.3, 0.4) is 0 Å². The van der Waals surface area contributed by atoms with Crippen molar-refractivity contribution in [1.29, 1.82) is 0 Å². The summed E-state index contributed by atoms with van der Waals surface area (Å²) in [5, 5.41) is 0.852. The van der Waals surface area contributed by atoms with E-state index in [9.17, 15) is 0 Å². The molecule has 11 heavy (non-hydrogen) atoms. The molecule has 0 amide bonds. The summed E-state index contributed by atoms with van der Waals surface area (Å²) < 4.78 is 0. The Morgan fingerprint density at radius 1 is 1.45 bits per heavy atom. The minimum absolute atomic E-state index is 0.850. The van der Waals surface area contributed by atoms with Crippen LogP contribution in [0.15, 0.2) is 18.2 Å². The largest absolute Gasteiger partial charge is 0.179 e. The fourth-order valence-electron chi connectivity index (χ4n) is 1.02. The highest BCUT2D eigenvalue weighted by molar-refractivity contribution is 7.80. The number of thiol groups is 1. The van der Waals surface area contributed by atoms with E-state index < -0.39 is 0 Å². The second-order valence-corrected chi connectivity index (χ2v) is 3.42. The van der Waals surface area contributed by atoms with Gasteiger partial charge in [0, 0.05) is 5.02 Å². The molecule has 0 aliphatic rings. The molecule has 1 aromatic carbocycles. The fourth-order valence-corrected chi connectivity index (χ4v) is 1.47. The van der Waals surface area contributed by atoms with Gasteiger partial charge in [-0.25, -0.2) is 0 Å². The first-order valence-corrected chi connectivity index (χ1v) is 4.61. The van der Waals surface area contributed by atoms with Gasteiger partial charge in [-0.15, -0.1) is 0 Å². The molecule has 1 aromatic rings. The maximum Gasteiger partial charge on any atom is 0.0438 e. The van der Waals surface area contributed by atoms with Crippen LogP contribution in [0.1, 0.15) is 11.1 Å². The number of hydrogen-bond donors (Lipinski definition) is 1. The smallest absolute Gasteiger partial charge is 0.0438 e. The van der Waals surface area contributed by atoms with Crippen LogP contribution < -0.4 is 0 Å². The van der Waals surface area contributed by atoms with E-state index in [0.717, 1.165) is 17.2 Å². The zero-order chi connectivity index (χ0) is 8.27. The minimum Gasteiger partial charge on any atom is -0.179 e. The van der Waals surface area contributed by atoms with Gasteiger partial charge in [0.25, 0.3) is 0 Å². The normalized spacial score (nSPS) is 10.1. The number of hydrogen-bond acceptors (Lipinski definition) is 1. The molecule has 0 nitrogen and oxygen atoms in total. The van der Waals surface area contributed by atoms with E-state index in [1.165, 1.54) is 11.1 Å². The average molecular weight is 187 g/mol.